The summed E-state index contributed by atoms with van der Waals surface area (Å²) in [5.41, 5.74) is 4.23. The van der Waals surface area contributed by atoms with E-state index in [1.807, 2.05) is 49.6 Å². The summed E-state index contributed by atoms with van der Waals surface area (Å²) in [6.45, 7) is 0.544. The lowest BCUT2D eigenvalue weighted by atomic mass is 10.0. The van der Waals surface area contributed by atoms with Crippen LogP contribution in [-0.4, -0.2) is 27.2 Å². The van der Waals surface area contributed by atoms with E-state index in [0.29, 0.717) is 34.9 Å². The molecule has 0 aliphatic carbocycles. The van der Waals surface area contributed by atoms with Gasteiger partial charge in [0.1, 0.15) is 11.9 Å². The summed E-state index contributed by atoms with van der Waals surface area (Å²) in [5, 5.41) is 19.8. The molecular formula is C26H23ClN6O. The van der Waals surface area contributed by atoms with Gasteiger partial charge in [0.05, 0.1) is 17.8 Å². The van der Waals surface area contributed by atoms with Crippen molar-refractivity contribution in [2.24, 2.45) is 7.05 Å². The molecule has 0 saturated heterocycles. The molecule has 2 heterocycles. The van der Waals surface area contributed by atoms with Gasteiger partial charge in [-0.05, 0) is 47.9 Å². The van der Waals surface area contributed by atoms with Crippen molar-refractivity contribution in [3.05, 3.63) is 101 Å². The molecular weight excluding hydrogens is 448 g/mol. The normalized spacial score (nSPS) is 11.6. The van der Waals surface area contributed by atoms with Crippen LogP contribution in [0.5, 0.6) is 0 Å². The van der Waals surface area contributed by atoms with Gasteiger partial charge in [-0.25, -0.2) is 4.98 Å². The Morgan fingerprint density at radius 3 is 2.53 bits per heavy atom. The Hall–Kier alpha value is -3.99. The average molecular weight is 471 g/mol. The van der Waals surface area contributed by atoms with E-state index in [1.165, 1.54) is 0 Å². The summed E-state index contributed by atoms with van der Waals surface area (Å²) in [6, 6.07) is 19.8. The van der Waals surface area contributed by atoms with Crippen LogP contribution in [0.3, 0.4) is 0 Å². The van der Waals surface area contributed by atoms with Crippen molar-refractivity contribution in [3.8, 4) is 17.2 Å². The Balaban J connectivity index is 1.46. The summed E-state index contributed by atoms with van der Waals surface area (Å²) in [4.78, 5) is 17.6. The molecule has 1 amide bonds. The first kappa shape index (κ1) is 23.2. The molecule has 0 fully saturated rings. The predicted molar refractivity (Wildman–Crippen MR) is 132 cm³/mol. The lowest BCUT2D eigenvalue weighted by Crippen LogP contribution is -2.34. The standard InChI is InChI=1S/C26H23ClN6O/c1-33-17-21(16-31-33)20-10-11-24(30-15-20)32-26(34)25(22-4-2-3-5-23(22)27)29-13-12-18-6-8-19(14-28)9-7-18/h2-11,15-17,25,29H,12-13H2,1H3,(H,30,32,34). The summed E-state index contributed by atoms with van der Waals surface area (Å²) >= 11 is 6.41. The molecule has 1 unspecified atom stereocenters. The van der Waals surface area contributed by atoms with Gasteiger partial charge >= 0.3 is 0 Å². The van der Waals surface area contributed by atoms with Crippen LogP contribution in [0.1, 0.15) is 22.7 Å². The summed E-state index contributed by atoms with van der Waals surface area (Å²) in [6.07, 6.45) is 6.06. The lowest BCUT2D eigenvalue weighted by Gasteiger charge is -2.20. The largest absolute Gasteiger partial charge is 0.309 e. The lowest BCUT2D eigenvalue weighted by molar-refractivity contribution is -0.118. The van der Waals surface area contributed by atoms with E-state index < -0.39 is 6.04 Å². The van der Waals surface area contributed by atoms with Crippen molar-refractivity contribution >= 4 is 23.3 Å². The molecule has 0 spiro atoms. The number of aromatic nitrogens is 3. The van der Waals surface area contributed by atoms with E-state index >= 15 is 0 Å². The predicted octanol–water partition coefficient (Wildman–Crippen LogP) is 4.52. The Morgan fingerprint density at radius 1 is 1.09 bits per heavy atom. The maximum absolute atomic E-state index is 13.2. The van der Waals surface area contributed by atoms with Crippen LogP contribution >= 0.6 is 11.6 Å². The molecule has 2 aromatic heterocycles. The highest BCUT2D eigenvalue weighted by Gasteiger charge is 2.22. The average Bonchev–Trinajstić information content (AvgIpc) is 3.29. The van der Waals surface area contributed by atoms with Crippen molar-refractivity contribution in [2.75, 3.05) is 11.9 Å². The van der Waals surface area contributed by atoms with E-state index in [-0.39, 0.29) is 5.91 Å². The van der Waals surface area contributed by atoms with Gasteiger partial charge < -0.3 is 10.6 Å². The molecule has 0 saturated carbocycles. The molecule has 2 aromatic carbocycles. The second kappa shape index (κ2) is 10.8. The number of aryl methyl sites for hydroxylation is 1. The highest BCUT2D eigenvalue weighted by Crippen LogP contribution is 2.25. The molecule has 4 aromatic rings. The fourth-order valence-corrected chi connectivity index (χ4v) is 3.81. The number of hydrogen-bond donors (Lipinski definition) is 2. The number of benzene rings is 2. The molecule has 0 radical (unpaired) electrons. The fourth-order valence-electron chi connectivity index (χ4n) is 3.57. The van der Waals surface area contributed by atoms with Crippen LogP contribution < -0.4 is 10.6 Å². The van der Waals surface area contributed by atoms with Gasteiger partial charge in [0.2, 0.25) is 5.91 Å². The minimum Gasteiger partial charge on any atom is -0.309 e. The van der Waals surface area contributed by atoms with Crippen LogP contribution in [0, 0.1) is 11.3 Å². The number of nitriles is 1. The number of nitrogens with one attached hydrogen (secondary N) is 2. The first-order valence-corrected chi connectivity index (χ1v) is 11.1. The van der Waals surface area contributed by atoms with Gasteiger partial charge in [-0.3, -0.25) is 9.48 Å². The zero-order chi connectivity index (χ0) is 23.9. The maximum Gasteiger partial charge on any atom is 0.247 e. The third-order valence-electron chi connectivity index (χ3n) is 5.38. The molecule has 170 valence electrons. The summed E-state index contributed by atoms with van der Waals surface area (Å²) in [5.74, 6) is 0.193. The monoisotopic (exact) mass is 470 g/mol. The molecule has 0 aliphatic heterocycles. The van der Waals surface area contributed by atoms with E-state index in [4.69, 9.17) is 16.9 Å². The van der Waals surface area contributed by atoms with Crippen LogP contribution in [0.25, 0.3) is 11.1 Å². The number of pyridine rings is 1. The molecule has 4 rings (SSSR count). The number of carbonyl (C=O) groups is 1. The third kappa shape index (κ3) is 5.67. The number of rotatable bonds is 8. The number of anilines is 1. The Bertz CT molecular complexity index is 1310. The second-order valence-corrected chi connectivity index (χ2v) is 8.20. The quantitative estimate of drug-likeness (QED) is 0.394. The summed E-state index contributed by atoms with van der Waals surface area (Å²) in [7, 11) is 1.86. The topological polar surface area (TPSA) is 95.6 Å². The van der Waals surface area contributed by atoms with Crippen molar-refractivity contribution in [3.63, 3.8) is 0 Å². The SMILES string of the molecule is Cn1cc(-c2ccc(NC(=O)C(NCCc3ccc(C#N)cc3)c3ccccc3Cl)nc2)cn1. The number of nitrogens with zero attached hydrogens (tertiary/aromatic N) is 4. The molecule has 2 N–H and O–H groups in total. The Labute approximate surface area is 203 Å². The minimum atomic E-state index is -0.660. The number of amides is 1. The molecule has 0 aliphatic rings. The molecule has 8 heteroatoms. The van der Waals surface area contributed by atoms with Gasteiger partial charge in [-0.15, -0.1) is 0 Å². The smallest absolute Gasteiger partial charge is 0.247 e. The van der Waals surface area contributed by atoms with Gasteiger partial charge in [-0.2, -0.15) is 10.4 Å². The Kier molecular flexibility index (Phi) is 7.33. The van der Waals surface area contributed by atoms with Gasteiger partial charge in [0, 0.05) is 42.1 Å². The molecule has 34 heavy (non-hydrogen) atoms. The van der Waals surface area contributed by atoms with E-state index in [0.717, 1.165) is 16.7 Å². The van der Waals surface area contributed by atoms with Crippen molar-refractivity contribution in [2.45, 2.75) is 12.5 Å². The van der Waals surface area contributed by atoms with Crippen molar-refractivity contribution in [1.82, 2.24) is 20.1 Å². The van der Waals surface area contributed by atoms with Crippen LogP contribution in [0.15, 0.2) is 79.3 Å². The first-order chi connectivity index (χ1) is 16.5. The molecule has 0 bridgehead atoms. The highest BCUT2D eigenvalue weighted by molar-refractivity contribution is 6.31. The maximum atomic E-state index is 13.2. The zero-order valence-electron chi connectivity index (χ0n) is 18.6. The second-order valence-electron chi connectivity index (χ2n) is 7.79. The van der Waals surface area contributed by atoms with Crippen LogP contribution in [0.4, 0.5) is 5.82 Å². The minimum absolute atomic E-state index is 0.255. The van der Waals surface area contributed by atoms with Crippen LogP contribution in [-0.2, 0) is 18.3 Å². The van der Waals surface area contributed by atoms with Gasteiger partial charge in [0.15, 0.2) is 0 Å². The number of hydrogen-bond acceptors (Lipinski definition) is 5. The van der Waals surface area contributed by atoms with Crippen LogP contribution in [0.2, 0.25) is 5.02 Å². The summed E-state index contributed by atoms with van der Waals surface area (Å²) < 4.78 is 1.72. The van der Waals surface area contributed by atoms with Crippen molar-refractivity contribution < 1.29 is 4.79 Å². The fraction of sp³-hybridized carbons (Fsp3) is 0.154. The van der Waals surface area contributed by atoms with E-state index in [9.17, 15) is 4.79 Å². The zero-order valence-corrected chi connectivity index (χ0v) is 19.3. The van der Waals surface area contributed by atoms with Crippen molar-refractivity contribution in [1.29, 1.82) is 5.26 Å². The first-order valence-electron chi connectivity index (χ1n) is 10.8. The van der Waals surface area contributed by atoms with E-state index in [1.54, 1.807) is 41.3 Å². The third-order valence-corrected chi connectivity index (χ3v) is 5.72. The van der Waals surface area contributed by atoms with Gasteiger partial charge in [0.25, 0.3) is 0 Å². The van der Waals surface area contributed by atoms with E-state index in [2.05, 4.69) is 26.8 Å². The number of halogens is 1. The number of carbonyl (C=O) groups excluding carboxylic acids is 1. The highest BCUT2D eigenvalue weighted by atomic mass is 35.5. The molecule has 1 atom stereocenters. The Morgan fingerprint density at radius 2 is 1.88 bits per heavy atom. The molecule has 7 nitrogen and oxygen atoms in total. The van der Waals surface area contributed by atoms with Gasteiger partial charge in [-0.1, -0.05) is 41.9 Å².